The Kier molecular flexibility index (Phi) is 3.17. The molecule has 14 heavy (non-hydrogen) atoms. The number of hydrogen-bond donors (Lipinski definition) is 2. The summed E-state index contributed by atoms with van der Waals surface area (Å²) in [5, 5.41) is 11.9. The summed E-state index contributed by atoms with van der Waals surface area (Å²) in [6.07, 6.45) is 0. The third-order valence-electron chi connectivity index (χ3n) is 1.53. The first kappa shape index (κ1) is 10.2. The van der Waals surface area contributed by atoms with Gasteiger partial charge in [0.25, 0.3) is 0 Å². The summed E-state index contributed by atoms with van der Waals surface area (Å²) >= 11 is 0. The zero-order valence-corrected chi connectivity index (χ0v) is 7.49. The fraction of sp³-hybridized carbons (Fsp3) is 0.111. The number of hydrazone groups is 1. The zero-order chi connectivity index (χ0) is 10.6. The van der Waals surface area contributed by atoms with Gasteiger partial charge in [-0.05, 0) is 19.1 Å². The summed E-state index contributed by atoms with van der Waals surface area (Å²) in [6.45, 7) is 1.32. The van der Waals surface area contributed by atoms with Gasteiger partial charge >= 0.3 is 5.97 Å². The van der Waals surface area contributed by atoms with Crippen LogP contribution in [0.5, 0.6) is 0 Å². The number of nitrogens with zero attached hydrogens (tertiary/aromatic N) is 1. The lowest BCUT2D eigenvalue weighted by molar-refractivity contribution is -0.129. The molecule has 0 aliphatic carbocycles. The molecule has 1 aromatic carbocycles. The average molecular weight is 196 g/mol. The van der Waals surface area contributed by atoms with E-state index in [1.54, 1.807) is 6.07 Å². The molecule has 0 amide bonds. The number of carboxylic acid groups (broad SMARTS) is 1. The maximum Gasteiger partial charge on any atom is 0.351 e. The lowest BCUT2D eigenvalue weighted by Crippen LogP contribution is -2.10. The van der Waals surface area contributed by atoms with Gasteiger partial charge in [-0.15, -0.1) is 0 Å². The summed E-state index contributed by atoms with van der Waals surface area (Å²) in [5.41, 5.74) is 2.34. The highest BCUT2D eigenvalue weighted by Crippen LogP contribution is 2.11. The predicted molar refractivity (Wildman–Crippen MR) is 50.8 cm³/mol. The van der Waals surface area contributed by atoms with E-state index in [-0.39, 0.29) is 11.4 Å². The number of aliphatic carboxylic acids is 1. The molecule has 0 saturated heterocycles. The van der Waals surface area contributed by atoms with E-state index in [1.807, 2.05) is 0 Å². The third kappa shape index (κ3) is 2.55. The molecule has 4 nitrogen and oxygen atoms in total. The van der Waals surface area contributed by atoms with Crippen LogP contribution >= 0.6 is 0 Å². The van der Waals surface area contributed by atoms with Crippen LogP contribution in [0.25, 0.3) is 0 Å². The van der Waals surface area contributed by atoms with E-state index in [0.717, 1.165) is 0 Å². The molecule has 0 heterocycles. The van der Waals surface area contributed by atoms with E-state index >= 15 is 0 Å². The quantitative estimate of drug-likeness (QED) is 0.571. The maximum atomic E-state index is 13.0. The lowest BCUT2D eigenvalue weighted by Gasteiger charge is -2.01. The van der Waals surface area contributed by atoms with Crippen LogP contribution in [0.2, 0.25) is 0 Å². The van der Waals surface area contributed by atoms with Gasteiger partial charge in [0.1, 0.15) is 11.5 Å². The van der Waals surface area contributed by atoms with Crippen molar-refractivity contribution in [2.45, 2.75) is 6.92 Å². The van der Waals surface area contributed by atoms with Crippen molar-refractivity contribution in [3.63, 3.8) is 0 Å². The molecular formula is C9H9FN2O2. The standard InChI is InChI=1S/C9H9FN2O2/c1-6(9(13)14)11-12-8-5-3-2-4-7(8)10/h2-5,12H,1H3,(H,13,14)/b11-6+. The van der Waals surface area contributed by atoms with Crippen LogP contribution in [0.1, 0.15) is 6.92 Å². The number of rotatable bonds is 3. The van der Waals surface area contributed by atoms with E-state index in [9.17, 15) is 9.18 Å². The maximum absolute atomic E-state index is 13.0. The first-order chi connectivity index (χ1) is 6.61. The Hall–Kier alpha value is -1.91. The van der Waals surface area contributed by atoms with Gasteiger partial charge in [-0.3, -0.25) is 5.43 Å². The Morgan fingerprint density at radius 2 is 2.14 bits per heavy atom. The van der Waals surface area contributed by atoms with Crippen molar-refractivity contribution in [2.24, 2.45) is 5.10 Å². The second kappa shape index (κ2) is 4.36. The van der Waals surface area contributed by atoms with Crippen LogP contribution in [0.3, 0.4) is 0 Å². The highest BCUT2D eigenvalue weighted by atomic mass is 19.1. The van der Waals surface area contributed by atoms with Crippen LogP contribution in [0, 0.1) is 5.82 Å². The highest BCUT2D eigenvalue weighted by Gasteiger charge is 2.02. The number of hydrogen-bond acceptors (Lipinski definition) is 3. The summed E-state index contributed by atoms with van der Waals surface area (Å²) in [4.78, 5) is 10.3. The molecule has 0 spiro atoms. The van der Waals surface area contributed by atoms with E-state index in [2.05, 4.69) is 10.5 Å². The molecule has 1 rings (SSSR count). The fourth-order valence-corrected chi connectivity index (χ4v) is 0.744. The SMILES string of the molecule is C/C(=N\Nc1ccccc1F)C(=O)O. The Balaban J connectivity index is 2.76. The number of anilines is 1. The van der Waals surface area contributed by atoms with Gasteiger partial charge in [-0.2, -0.15) is 5.10 Å². The van der Waals surface area contributed by atoms with Gasteiger partial charge in [-0.1, -0.05) is 12.1 Å². The minimum absolute atomic E-state index is 0.131. The zero-order valence-electron chi connectivity index (χ0n) is 7.49. The minimum atomic E-state index is -1.14. The Morgan fingerprint density at radius 1 is 1.50 bits per heavy atom. The molecule has 2 N–H and O–H groups in total. The number of carbonyl (C=O) groups is 1. The highest BCUT2D eigenvalue weighted by molar-refractivity contribution is 6.34. The molecule has 0 aromatic heterocycles. The Bertz CT molecular complexity index is 377. The molecule has 0 radical (unpaired) electrons. The van der Waals surface area contributed by atoms with Crippen LogP contribution in [-0.4, -0.2) is 16.8 Å². The predicted octanol–water partition coefficient (Wildman–Crippen LogP) is 1.70. The molecule has 74 valence electrons. The molecular weight excluding hydrogens is 187 g/mol. The molecule has 0 saturated carbocycles. The van der Waals surface area contributed by atoms with Crippen molar-refractivity contribution in [1.82, 2.24) is 0 Å². The van der Waals surface area contributed by atoms with Gasteiger partial charge in [0.2, 0.25) is 0 Å². The summed E-state index contributed by atoms with van der Waals surface area (Å²) in [7, 11) is 0. The Morgan fingerprint density at radius 3 is 2.71 bits per heavy atom. The van der Waals surface area contributed by atoms with Gasteiger partial charge in [0, 0.05) is 0 Å². The summed E-state index contributed by atoms with van der Waals surface area (Å²) < 4.78 is 13.0. The van der Waals surface area contributed by atoms with Crippen molar-refractivity contribution in [1.29, 1.82) is 0 Å². The topological polar surface area (TPSA) is 61.7 Å². The fourth-order valence-electron chi connectivity index (χ4n) is 0.744. The van der Waals surface area contributed by atoms with Crippen LogP contribution < -0.4 is 5.43 Å². The molecule has 0 aliphatic rings. The largest absolute Gasteiger partial charge is 0.477 e. The second-order valence-corrected chi connectivity index (χ2v) is 2.59. The monoisotopic (exact) mass is 196 g/mol. The molecule has 1 aromatic rings. The summed E-state index contributed by atoms with van der Waals surface area (Å²) in [6, 6.07) is 5.88. The van der Waals surface area contributed by atoms with Crippen molar-refractivity contribution in [3.8, 4) is 0 Å². The van der Waals surface area contributed by atoms with Crippen LogP contribution in [0.15, 0.2) is 29.4 Å². The number of benzene rings is 1. The van der Waals surface area contributed by atoms with E-state index in [4.69, 9.17) is 5.11 Å². The van der Waals surface area contributed by atoms with Crippen LogP contribution in [-0.2, 0) is 4.79 Å². The smallest absolute Gasteiger partial charge is 0.351 e. The van der Waals surface area contributed by atoms with Gasteiger partial charge in [-0.25, -0.2) is 9.18 Å². The molecule has 0 aliphatic heterocycles. The number of halogens is 1. The number of para-hydroxylation sites is 1. The molecule has 5 heteroatoms. The van der Waals surface area contributed by atoms with E-state index in [1.165, 1.54) is 25.1 Å². The molecule has 0 bridgehead atoms. The summed E-state index contributed by atoms with van der Waals surface area (Å²) in [5.74, 6) is -1.62. The molecule has 0 fully saturated rings. The van der Waals surface area contributed by atoms with Crippen molar-refractivity contribution in [2.75, 3.05) is 5.43 Å². The molecule has 0 unspecified atom stereocenters. The van der Waals surface area contributed by atoms with Gasteiger partial charge < -0.3 is 5.11 Å². The van der Waals surface area contributed by atoms with E-state index < -0.39 is 11.8 Å². The Labute approximate surface area is 80.1 Å². The number of carboxylic acids is 1. The van der Waals surface area contributed by atoms with Crippen molar-refractivity contribution in [3.05, 3.63) is 30.1 Å². The van der Waals surface area contributed by atoms with Crippen molar-refractivity contribution >= 4 is 17.4 Å². The van der Waals surface area contributed by atoms with Gasteiger partial charge in [0.15, 0.2) is 0 Å². The second-order valence-electron chi connectivity index (χ2n) is 2.59. The third-order valence-corrected chi connectivity index (χ3v) is 1.53. The molecule has 0 atom stereocenters. The first-order valence-electron chi connectivity index (χ1n) is 3.89. The number of nitrogens with one attached hydrogen (secondary N) is 1. The normalized spacial score (nSPS) is 11.1. The lowest BCUT2D eigenvalue weighted by atomic mass is 10.3. The van der Waals surface area contributed by atoms with E-state index in [0.29, 0.717) is 0 Å². The van der Waals surface area contributed by atoms with Crippen LogP contribution in [0.4, 0.5) is 10.1 Å². The minimum Gasteiger partial charge on any atom is -0.477 e. The first-order valence-corrected chi connectivity index (χ1v) is 3.89. The van der Waals surface area contributed by atoms with Gasteiger partial charge in [0.05, 0.1) is 5.69 Å². The van der Waals surface area contributed by atoms with Crippen molar-refractivity contribution < 1.29 is 14.3 Å². The average Bonchev–Trinajstić information content (AvgIpc) is 2.16.